The van der Waals surface area contributed by atoms with E-state index in [1.807, 2.05) is 0 Å². The van der Waals surface area contributed by atoms with Gasteiger partial charge in [0.25, 0.3) is 0 Å². The van der Waals surface area contributed by atoms with E-state index in [-0.39, 0.29) is 32.5 Å². The van der Waals surface area contributed by atoms with E-state index in [4.69, 9.17) is 0 Å². The Balaban J connectivity index is 0.000000140. The monoisotopic (exact) mass is 1340 g/mol. The van der Waals surface area contributed by atoms with Crippen LogP contribution in [0.3, 0.4) is 0 Å². The minimum Gasteiger partial charge on any atom is -0.383 e. The Morgan fingerprint density at radius 1 is 0.372 bits per heavy atom. The Labute approximate surface area is 587 Å². The number of nitrogens with one attached hydrogen (secondary N) is 2. The van der Waals surface area contributed by atoms with Gasteiger partial charge >= 0.3 is 0 Å². The normalized spacial score (nSPS) is 19.3. The largest absolute Gasteiger partial charge is 0.383 e. The first-order chi connectivity index (χ1) is 44.8. The van der Waals surface area contributed by atoms with Crippen LogP contribution in [0.15, 0.2) is 170 Å². The van der Waals surface area contributed by atoms with E-state index in [0.717, 1.165) is 13.1 Å². The number of hydrogen-bond donors (Lipinski definition) is 2. The summed E-state index contributed by atoms with van der Waals surface area (Å²) < 4.78 is 1.36. The van der Waals surface area contributed by atoms with Crippen LogP contribution in [0, 0.1) is 20.8 Å². The summed E-state index contributed by atoms with van der Waals surface area (Å²) >= 11 is 8.53. The Hall–Kier alpha value is -4.81. The fourth-order valence-corrected chi connectivity index (χ4v) is 23.7. The van der Waals surface area contributed by atoms with E-state index >= 15 is 0 Å². The molecule has 0 aromatic heterocycles. The molecule has 94 heavy (non-hydrogen) atoms. The maximum Gasteiger partial charge on any atom is 0.0674 e. The molecule has 14 rings (SSSR count). The highest BCUT2D eigenvalue weighted by Gasteiger charge is 2.49. The zero-order valence-electron chi connectivity index (χ0n) is 59.7. The van der Waals surface area contributed by atoms with Crippen LogP contribution in [0.4, 0.5) is 11.4 Å². The van der Waals surface area contributed by atoms with E-state index in [1.54, 1.807) is 49.8 Å². The van der Waals surface area contributed by atoms with Gasteiger partial charge in [0.05, 0.1) is 9.16 Å². The lowest BCUT2D eigenvalue weighted by atomic mass is 9.74. The van der Waals surface area contributed by atoms with Crippen molar-refractivity contribution in [2.45, 2.75) is 210 Å². The molecule has 2 N–H and O–H groups in total. The van der Waals surface area contributed by atoms with E-state index in [0.29, 0.717) is 9.16 Å². The van der Waals surface area contributed by atoms with Gasteiger partial charge in [0, 0.05) is 35.3 Å². The van der Waals surface area contributed by atoms with Crippen LogP contribution >= 0.6 is 55.0 Å². The van der Waals surface area contributed by atoms with Crippen molar-refractivity contribution >= 4 is 82.3 Å². The summed E-state index contributed by atoms with van der Waals surface area (Å²) in [6.45, 7) is 36.2. The van der Waals surface area contributed by atoms with Crippen molar-refractivity contribution < 1.29 is 0 Å². The average Bonchev–Trinajstić information content (AvgIpc) is 1.55. The smallest absolute Gasteiger partial charge is 0.0674 e. The summed E-state index contributed by atoms with van der Waals surface area (Å²) in [6.07, 6.45) is 12.6. The van der Waals surface area contributed by atoms with Gasteiger partial charge in [-0.25, -0.2) is 0 Å². The summed E-state index contributed by atoms with van der Waals surface area (Å²) in [5.74, 6) is 5.25. The second kappa shape index (κ2) is 29.7. The van der Waals surface area contributed by atoms with E-state index in [2.05, 4.69) is 331 Å². The highest BCUT2D eigenvalue weighted by atomic mass is 32.2. The molecule has 0 radical (unpaired) electrons. The van der Waals surface area contributed by atoms with Crippen LogP contribution < -0.4 is 26.5 Å². The van der Waals surface area contributed by atoms with Gasteiger partial charge in [-0.05, 0) is 238 Å². The van der Waals surface area contributed by atoms with Crippen LogP contribution in [0.25, 0.3) is 0 Å². The predicted molar refractivity (Wildman–Crippen MR) is 425 cm³/mol. The van der Waals surface area contributed by atoms with E-state index in [9.17, 15) is 0 Å². The highest BCUT2D eigenvalue weighted by molar-refractivity contribution is 8.18. The first-order valence-corrected chi connectivity index (χ1v) is 40.9. The molecule has 0 bridgehead atoms. The summed E-state index contributed by atoms with van der Waals surface area (Å²) in [5.41, 5.74) is 26.9. The fourth-order valence-electron chi connectivity index (χ4n) is 15.7. The molecule has 7 heteroatoms. The first kappa shape index (κ1) is 70.5. The Morgan fingerprint density at radius 2 is 0.713 bits per heavy atom. The molecule has 0 unspecified atom stereocenters. The minimum absolute atomic E-state index is 0.113. The van der Waals surface area contributed by atoms with Crippen molar-refractivity contribution in [1.29, 1.82) is 0 Å². The first-order valence-electron chi connectivity index (χ1n) is 35.4. The molecule has 2 heterocycles. The lowest BCUT2D eigenvalue weighted by Crippen LogP contribution is -2.32. The van der Waals surface area contributed by atoms with Gasteiger partial charge in [0.2, 0.25) is 0 Å². The number of anilines is 2. The second-order valence-electron chi connectivity index (χ2n) is 31.8. The molecule has 8 aromatic rings. The Kier molecular flexibility index (Phi) is 22.3. The summed E-state index contributed by atoms with van der Waals surface area (Å²) in [7, 11) is -0.635. The van der Waals surface area contributed by atoms with Gasteiger partial charge in [0.15, 0.2) is 0 Å². The third-order valence-corrected chi connectivity index (χ3v) is 29.0. The van der Waals surface area contributed by atoms with Gasteiger partial charge < -0.3 is 10.6 Å². The molecule has 4 aliphatic carbocycles. The van der Waals surface area contributed by atoms with Crippen LogP contribution in [0.2, 0.25) is 0 Å². The molecule has 496 valence electrons. The summed E-state index contributed by atoms with van der Waals surface area (Å²) in [4.78, 5) is 0. The zero-order chi connectivity index (χ0) is 66.6. The quantitative estimate of drug-likeness (QED) is 0.140. The number of rotatable bonds is 9. The molecular formula is C87H109N2PS4. The summed E-state index contributed by atoms with van der Waals surface area (Å²) in [6, 6.07) is 64.5. The number of thioether (sulfide) groups is 4. The topological polar surface area (TPSA) is 24.1 Å². The second-order valence-corrected chi connectivity index (χ2v) is 39.8. The number of benzene rings is 8. The third kappa shape index (κ3) is 16.0. The van der Waals surface area contributed by atoms with Crippen molar-refractivity contribution in [2.24, 2.45) is 0 Å². The van der Waals surface area contributed by atoms with Gasteiger partial charge in [-0.3, -0.25) is 0 Å². The molecule has 0 amide bonds. The SMILES string of the molecule is CC(C)(C)c1cc(C(C)(C)C)cc(C(C)(C)C)c1.Cc1cc(C)cc(C(C)(C)C)c1.Cc1cccc2c1[C@@]1(CC2)CCc2cccc(NCC3SCCCS3)c21.c1ccc(P(c2ccccc2)c2cccc3c2[C@]2(CCc4cccc(NCC5SCCCS5)c42)CC3)cc1. The Bertz CT molecular complexity index is 3720. The molecule has 2 nitrogen and oxygen atoms in total. The van der Waals surface area contributed by atoms with Crippen LogP contribution in [-0.4, -0.2) is 45.3 Å². The van der Waals surface area contributed by atoms with Gasteiger partial charge in [-0.15, -0.1) is 47.0 Å². The molecule has 2 atom stereocenters. The van der Waals surface area contributed by atoms with Crippen LogP contribution in [0.5, 0.6) is 0 Å². The maximum atomic E-state index is 3.97. The maximum absolute atomic E-state index is 3.97. The molecule has 2 saturated heterocycles. The molecular weight excluding hydrogens is 1230 g/mol. The zero-order valence-corrected chi connectivity index (χ0v) is 63.9. The molecule has 2 aliphatic heterocycles. The predicted octanol–water partition coefficient (Wildman–Crippen LogP) is 22.2. The Morgan fingerprint density at radius 3 is 1.11 bits per heavy atom. The molecule has 8 aromatic carbocycles. The van der Waals surface area contributed by atoms with Crippen molar-refractivity contribution in [3.63, 3.8) is 0 Å². The molecule has 2 spiro atoms. The van der Waals surface area contributed by atoms with Gasteiger partial charge in [-0.1, -0.05) is 252 Å². The standard InChI is InChI=1S/C34H34NPS2.C23H27NS2.C18H30.C12H18/c1-3-12-27(13-4-1)36(28-14-5-2-6-15-28)30-17-8-11-26-19-21-34(33(26)30)20-18-25-10-7-16-29(32(25)34)35-24-31-37-22-9-23-38-31;1-16-5-2-6-17-9-11-23(21(16)17)12-10-18-7-3-8-19(22(18)23)24-15-20-25-13-4-14-26-20;1-16(2,3)13-10-14(17(4,5)6)12-15(11-13)18(7,8)9;1-9-6-10(2)8-11(7-9)12(3,4)5/h1-8,10-17,31,35H,9,18-24H2;2-3,5-8,20,24H,4,9-15H2,1H3;10-12H,1-9H3;6-8H,1-5H3/t34-;23-;;/m11../s1. The molecule has 6 aliphatic rings. The third-order valence-electron chi connectivity index (χ3n) is 20.6. The van der Waals surface area contributed by atoms with Crippen LogP contribution in [-0.2, 0) is 58.2 Å². The van der Waals surface area contributed by atoms with Crippen molar-refractivity contribution in [2.75, 3.05) is 46.7 Å². The minimum atomic E-state index is -0.635. The summed E-state index contributed by atoms with van der Waals surface area (Å²) in [5, 5.41) is 12.3. The van der Waals surface area contributed by atoms with Crippen molar-refractivity contribution in [1.82, 2.24) is 0 Å². The van der Waals surface area contributed by atoms with E-state index < -0.39 is 7.92 Å². The van der Waals surface area contributed by atoms with Crippen molar-refractivity contribution in [3.8, 4) is 0 Å². The lowest BCUT2D eigenvalue weighted by Gasteiger charge is -2.33. The van der Waals surface area contributed by atoms with E-state index in [1.165, 1.54) is 148 Å². The fraction of sp³-hybridized carbons (Fsp3) is 0.448. The number of fused-ring (bicyclic) bond motifs is 8. The highest BCUT2D eigenvalue weighted by Crippen LogP contribution is 2.58. The lowest BCUT2D eigenvalue weighted by molar-refractivity contribution is 0.506. The molecule has 0 saturated carbocycles. The van der Waals surface area contributed by atoms with Crippen molar-refractivity contribution in [3.05, 3.63) is 253 Å². The van der Waals surface area contributed by atoms with Crippen LogP contribution in [0.1, 0.15) is 205 Å². The number of hydrogen-bond acceptors (Lipinski definition) is 6. The van der Waals surface area contributed by atoms with Gasteiger partial charge in [-0.2, -0.15) is 0 Å². The molecule has 2 fully saturated rings. The van der Waals surface area contributed by atoms with Gasteiger partial charge in [0.1, 0.15) is 0 Å². The average molecular weight is 1340 g/mol. The number of aryl methyl sites for hydroxylation is 7.